The van der Waals surface area contributed by atoms with E-state index in [4.69, 9.17) is 9.47 Å². The summed E-state index contributed by atoms with van der Waals surface area (Å²) in [5.41, 5.74) is 2.95. The van der Waals surface area contributed by atoms with Crippen molar-refractivity contribution in [2.75, 3.05) is 55.7 Å². The normalized spacial score (nSPS) is 15.4. The smallest absolute Gasteiger partial charge is 0.421 e. The van der Waals surface area contributed by atoms with Crippen molar-refractivity contribution in [3.8, 4) is 5.75 Å². The van der Waals surface area contributed by atoms with E-state index in [1.165, 1.54) is 72.0 Å². The average molecular weight is 648 g/mol. The molecule has 0 radical (unpaired) electrons. The van der Waals surface area contributed by atoms with Crippen molar-refractivity contribution in [1.29, 1.82) is 0 Å². The first kappa shape index (κ1) is 34.2. The number of fused-ring (bicyclic) bond motifs is 2. The number of thiophene rings is 1. The van der Waals surface area contributed by atoms with Crippen molar-refractivity contribution >= 4 is 44.8 Å². The maximum absolute atomic E-state index is 13.0. The molecule has 1 fully saturated rings. The van der Waals surface area contributed by atoms with Crippen LogP contribution in [0.25, 0.3) is 10.1 Å². The number of imide groups is 1. The number of carbonyl (C=O) groups is 2. The van der Waals surface area contributed by atoms with Crippen LogP contribution in [0, 0.1) is 0 Å². The molecule has 2 aliphatic rings. The zero-order chi connectivity index (χ0) is 32.0. The van der Waals surface area contributed by atoms with Crippen LogP contribution >= 0.6 is 11.3 Å². The Morgan fingerprint density at radius 3 is 2.30 bits per heavy atom. The van der Waals surface area contributed by atoms with Gasteiger partial charge in [-0.1, -0.05) is 76.8 Å². The summed E-state index contributed by atoms with van der Waals surface area (Å²) in [4.78, 5) is 32.1. The van der Waals surface area contributed by atoms with Gasteiger partial charge in [-0.05, 0) is 67.4 Å². The Morgan fingerprint density at radius 2 is 1.52 bits per heavy atom. The zero-order valence-corrected chi connectivity index (χ0v) is 28.7. The lowest BCUT2D eigenvalue weighted by molar-refractivity contribution is -0.118. The Morgan fingerprint density at radius 1 is 0.783 bits per heavy atom. The third-order valence-electron chi connectivity index (χ3n) is 9.38. The van der Waals surface area contributed by atoms with Crippen LogP contribution in [0.3, 0.4) is 0 Å². The third-order valence-corrected chi connectivity index (χ3v) is 10.3. The van der Waals surface area contributed by atoms with Crippen molar-refractivity contribution in [2.45, 2.75) is 96.8 Å². The van der Waals surface area contributed by atoms with Crippen molar-refractivity contribution in [1.82, 2.24) is 4.90 Å². The molecule has 0 atom stereocenters. The van der Waals surface area contributed by atoms with E-state index in [2.05, 4.69) is 46.4 Å². The van der Waals surface area contributed by atoms with Crippen LogP contribution in [0.4, 0.5) is 16.2 Å². The molecule has 2 amide bonds. The van der Waals surface area contributed by atoms with Gasteiger partial charge in [-0.25, -0.2) is 9.69 Å². The van der Waals surface area contributed by atoms with Gasteiger partial charge in [0.15, 0.2) is 0 Å². The molecule has 0 bridgehead atoms. The monoisotopic (exact) mass is 647 g/mol. The van der Waals surface area contributed by atoms with Gasteiger partial charge in [0.25, 0.3) is 0 Å². The second-order valence-corrected chi connectivity index (χ2v) is 13.8. The topological polar surface area (TPSA) is 62.3 Å². The molecule has 3 aromatic rings. The SMILES string of the molecule is CCCCCCCCCCCCOC(=O)N1C(=O)CCc2ccc(OCCCCN3CCN(c4cccc5sccc45)CC3)cc21. The maximum atomic E-state index is 13.0. The second-order valence-electron chi connectivity index (χ2n) is 12.8. The van der Waals surface area contributed by atoms with E-state index < -0.39 is 6.09 Å². The Bertz CT molecular complexity index is 1380. The molecular formula is C38H53N3O4S. The number of unbranched alkanes of at least 4 members (excludes halogenated alkanes) is 10. The number of amides is 2. The van der Waals surface area contributed by atoms with Gasteiger partial charge in [0, 0.05) is 54.4 Å². The molecular weight excluding hydrogens is 595 g/mol. The summed E-state index contributed by atoms with van der Waals surface area (Å²) < 4.78 is 13.0. The number of ether oxygens (including phenoxy) is 2. The van der Waals surface area contributed by atoms with Gasteiger partial charge >= 0.3 is 6.09 Å². The Kier molecular flexibility index (Phi) is 13.6. The molecule has 5 rings (SSSR count). The summed E-state index contributed by atoms with van der Waals surface area (Å²) in [5.74, 6) is 0.488. The van der Waals surface area contributed by atoms with Gasteiger partial charge < -0.3 is 14.4 Å². The first-order valence-electron chi connectivity index (χ1n) is 17.8. The van der Waals surface area contributed by atoms with Crippen molar-refractivity contribution in [3.63, 3.8) is 0 Å². The maximum Gasteiger partial charge on any atom is 0.421 e. The van der Waals surface area contributed by atoms with E-state index in [9.17, 15) is 9.59 Å². The van der Waals surface area contributed by atoms with Gasteiger partial charge in [0.05, 0.1) is 18.9 Å². The number of rotatable bonds is 18. The number of hydrogen-bond donors (Lipinski definition) is 0. The quantitative estimate of drug-likeness (QED) is 0.128. The number of piperazine rings is 1. The molecule has 1 aromatic heterocycles. The van der Waals surface area contributed by atoms with E-state index in [0.29, 0.717) is 37.5 Å². The predicted molar refractivity (Wildman–Crippen MR) is 191 cm³/mol. The Labute approximate surface area is 279 Å². The number of anilines is 2. The van der Waals surface area contributed by atoms with E-state index in [-0.39, 0.29) is 5.91 Å². The number of hydrogen-bond acceptors (Lipinski definition) is 7. The molecule has 250 valence electrons. The lowest BCUT2D eigenvalue weighted by atomic mass is 10.0. The average Bonchev–Trinajstić information content (AvgIpc) is 3.57. The van der Waals surface area contributed by atoms with Crippen molar-refractivity contribution in [2.24, 2.45) is 0 Å². The highest BCUT2D eigenvalue weighted by molar-refractivity contribution is 7.17. The lowest BCUT2D eigenvalue weighted by Gasteiger charge is -2.36. The van der Waals surface area contributed by atoms with Crippen LogP contribution in [0.5, 0.6) is 5.75 Å². The standard InChI is InChI=1S/C38H53N3O4S/c1-2-3-4-5-6-7-8-9-10-12-28-45-38(43)41-35-30-32(19-17-31(35)18-20-37(41)42)44-27-13-11-22-39-23-25-40(26-24-39)34-15-14-16-36-33(34)21-29-46-36/h14-17,19,21,29-30H,2-13,18,20,22-28H2,1H3. The Balaban J connectivity index is 0.983. The number of carbonyl (C=O) groups excluding carboxylic acids is 2. The number of aryl methyl sites for hydroxylation is 1. The summed E-state index contributed by atoms with van der Waals surface area (Å²) >= 11 is 1.81. The van der Waals surface area contributed by atoms with Crippen LogP contribution in [0.15, 0.2) is 47.8 Å². The molecule has 8 heteroatoms. The van der Waals surface area contributed by atoms with Crippen molar-refractivity contribution < 1.29 is 19.1 Å². The van der Waals surface area contributed by atoms with Gasteiger partial charge in [0.2, 0.25) is 5.91 Å². The Hall–Kier alpha value is -3.10. The molecule has 0 N–H and O–H groups in total. The van der Waals surface area contributed by atoms with Gasteiger partial charge in [-0.2, -0.15) is 0 Å². The molecule has 7 nitrogen and oxygen atoms in total. The fourth-order valence-corrected chi connectivity index (χ4v) is 7.46. The summed E-state index contributed by atoms with van der Waals surface area (Å²) in [6, 6.07) is 14.6. The summed E-state index contributed by atoms with van der Waals surface area (Å²) in [5, 5.41) is 3.55. The minimum atomic E-state index is -0.564. The second kappa shape index (κ2) is 18.3. The third kappa shape index (κ3) is 9.71. The van der Waals surface area contributed by atoms with E-state index in [0.717, 1.165) is 64.0 Å². The molecule has 1 saturated heterocycles. The largest absolute Gasteiger partial charge is 0.494 e. The summed E-state index contributed by atoms with van der Waals surface area (Å²) in [6.45, 7) is 8.53. The van der Waals surface area contributed by atoms with E-state index >= 15 is 0 Å². The number of nitrogens with zero attached hydrogens (tertiary/aromatic N) is 3. The summed E-state index contributed by atoms with van der Waals surface area (Å²) in [6.07, 6.45) is 14.6. The summed E-state index contributed by atoms with van der Waals surface area (Å²) in [7, 11) is 0. The molecule has 2 aromatic carbocycles. The molecule has 0 spiro atoms. The van der Waals surface area contributed by atoms with Crippen LogP contribution < -0.4 is 14.5 Å². The van der Waals surface area contributed by atoms with E-state index in [1.54, 1.807) is 0 Å². The molecule has 0 saturated carbocycles. The fourth-order valence-electron chi connectivity index (χ4n) is 6.65. The van der Waals surface area contributed by atoms with Gasteiger partial charge in [-0.15, -0.1) is 11.3 Å². The predicted octanol–water partition coefficient (Wildman–Crippen LogP) is 9.22. The van der Waals surface area contributed by atoms with Gasteiger partial charge in [0.1, 0.15) is 5.75 Å². The molecule has 2 aliphatic heterocycles. The fraction of sp³-hybridized carbons (Fsp3) is 0.579. The molecule has 46 heavy (non-hydrogen) atoms. The van der Waals surface area contributed by atoms with E-state index in [1.807, 2.05) is 29.5 Å². The molecule has 0 aliphatic carbocycles. The number of benzene rings is 2. The lowest BCUT2D eigenvalue weighted by Crippen LogP contribution is -2.46. The highest BCUT2D eigenvalue weighted by Crippen LogP contribution is 2.33. The minimum absolute atomic E-state index is 0.204. The molecule has 3 heterocycles. The van der Waals surface area contributed by atoms with Crippen LogP contribution in [0.2, 0.25) is 0 Å². The van der Waals surface area contributed by atoms with Gasteiger partial charge in [-0.3, -0.25) is 9.69 Å². The first-order chi connectivity index (χ1) is 22.6. The first-order valence-corrected chi connectivity index (χ1v) is 18.7. The van der Waals surface area contributed by atoms with Crippen LogP contribution in [0.1, 0.15) is 96.0 Å². The highest BCUT2D eigenvalue weighted by atomic mass is 32.1. The van der Waals surface area contributed by atoms with Crippen molar-refractivity contribution in [3.05, 3.63) is 53.4 Å². The zero-order valence-electron chi connectivity index (χ0n) is 27.9. The minimum Gasteiger partial charge on any atom is -0.494 e. The van der Waals surface area contributed by atoms with Crippen LogP contribution in [-0.2, 0) is 16.0 Å². The van der Waals surface area contributed by atoms with Crippen LogP contribution in [-0.4, -0.2) is 62.8 Å². The molecule has 0 unspecified atom stereocenters. The highest BCUT2D eigenvalue weighted by Gasteiger charge is 2.31.